The third-order valence-corrected chi connectivity index (χ3v) is 3.18. The molecule has 0 saturated heterocycles. The van der Waals surface area contributed by atoms with Gasteiger partial charge in [0.25, 0.3) is 5.91 Å². The van der Waals surface area contributed by atoms with Gasteiger partial charge in [-0.3, -0.25) is 4.79 Å². The van der Waals surface area contributed by atoms with Crippen molar-refractivity contribution in [2.45, 2.75) is 40.2 Å². The van der Waals surface area contributed by atoms with Crippen molar-refractivity contribution in [2.75, 3.05) is 19.8 Å². The molecule has 0 aliphatic carbocycles. The third-order valence-electron chi connectivity index (χ3n) is 3.18. The number of benzene rings is 1. The van der Waals surface area contributed by atoms with Gasteiger partial charge in [0.05, 0.1) is 0 Å². The second-order valence-electron chi connectivity index (χ2n) is 5.32. The molecule has 1 rings (SSSR count). The highest BCUT2D eigenvalue weighted by Gasteiger charge is 2.17. The SMILES string of the molecule is Cc1ccc(OCC(=O)N(CCCO)C(C)C)c(C)c1. The van der Waals surface area contributed by atoms with Crippen LogP contribution in [0.15, 0.2) is 18.2 Å². The summed E-state index contributed by atoms with van der Waals surface area (Å²) in [4.78, 5) is 13.9. The molecule has 0 unspecified atom stereocenters. The zero-order valence-corrected chi connectivity index (χ0v) is 12.8. The smallest absolute Gasteiger partial charge is 0.260 e. The highest BCUT2D eigenvalue weighted by molar-refractivity contribution is 5.78. The lowest BCUT2D eigenvalue weighted by molar-refractivity contribution is -0.135. The van der Waals surface area contributed by atoms with Gasteiger partial charge in [0.2, 0.25) is 0 Å². The van der Waals surface area contributed by atoms with Gasteiger partial charge in [-0.05, 0) is 45.7 Å². The number of hydrogen-bond acceptors (Lipinski definition) is 3. The van der Waals surface area contributed by atoms with Gasteiger partial charge in [-0.15, -0.1) is 0 Å². The molecule has 4 heteroatoms. The summed E-state index contributed by atoms with van der Waals surface area (Å²) in [5, 5.41) is 8.88. The molecule has 1 N–H and O–H groups in total. The molecule has 0 aliphatic rings. The quantitative estimate of drug-likeness (QED) is 0.833. The van der Waals surface area contributed by atoms with Gasteiger partial charge in [-0.1, -0.05) is 17.7 Å². The molecule has 4 nitrogen and oxygen atoms in total. The van der Waals surface area contributed by atoms with E-state index in [0.29, 0.717) is 13.0 Å². The summed E-state index contributed by atoms with van der Waals surface area (Å²) in [6.45, 7) is 8.61. The van der Waals surface area contributed by atoms with Crippen LogP contribution < -0.4 is 4.74 Å². The Labute approximate surface area is 121 Å². The van der Waals surface area contributed by atoms with Crippen LogP contribution in [0.25, 0.3) is 0 Å². The molecule has 1 amide bonds. The molecular formula is C16H25NO3. The van der Waals surface area contributed by atoms with Gasteiger partial charge >= 0.3 is 0 Å². The van der Waals surface area contributed by atoms with Crippen molar-refractivity contribution in [2.24, 2.45) is 0 Å². The molecule has 1 aromatic carbocycles. The minimum absolute atomic E-state index is 0.0352. The van der Waals surface area contributed by atoms with Crippen LogP contribution in [0.5, 0.6) is 5.75 Å². The number of hydrogen-bond donors (Lipinski definition) is 1. The minimum Gasteiger partial charge on any atom is -0.484 e. The van der Waals surface area contributed by atoms with Gasteiger partial charge in [0.15, 0.2) is 6.61 Å². The molecule has 1 aromatic rings. The molecule has 0 spiro atoms. The summed E-state index contributed by atoms with van der Waals surface area (Å²) >= 11 is 0. The van der Waals surface area contributed by atoms with E-state index in [9.17, 15) is 4.79 Å². The lowest BCUT2D eigenvalue weighted by atomic mass is 10.1. The van der Waals surface area contributed by atoms with E-state index in [1.165, 1.54) is 5.56 Å². The highest BCUT2D eigenvalue weighted by Crippen LogP contribution is 2.18. The molecule has 0 fully saturated rings. The Morgan fingerprint density at radius 2 is 2.05 bits per heavy atom. The average molecular weight is 279 g/mol. The number of amides is 1. The van der Waals surface area contributed by atoms with Crippen molar-refractivity contribution < 1.29 is 14.6 Å². The average Bonchev–Trinajstić information content (AvgIpc) is 2.37. The number of carbonyl (C=O) groups is 1. The first-order chi connectivity index (χ1) is 9.45. The van der Waals surface area contributed by atoms with Gasteiger partial charge < -0.3 is 14.7 Å². The third kappa shape index (κ3) is 4.85. The standard InChI is InChI=1S/C16H25NO3/c1-12(2)17(8-5-9-18)16(19)11-20-15-7-6-13(3)10-14(15)4/h6-7,10,12,18H,5,8-9,11H2,1-4H3. The minimum atomic E-state index is -0.0478. The lowest BCUT2D eigenvalue weighted by Crippen LogP contribution is -2.40. The monoisotopic (exact) mass is 279 g/mol. The van der Waals surface area contributed by atoms with E-state index in [1.807, 2.05) is 45.9 Å². The van der Waals surface area contributed by atoms with Crippen LogP contribution >= 0.6 is 0 Å². The maximum Gasteiger partial charge on any atom is 0.260 e. The zero-order valence-electron chi connectivity index (χ0n) is 12.8. The zero-order chi connectivity index (χ0) is 15.1. The Hall–Kier alpha value is -1.55. The van der Waals surface area contributed by atoms with Gasteiger partial charge in [-0.25, -0.2) is 0 Å². The Morgan fingerprint density at radius 3 is 2.60 bits per heavy atom. The van der Waals surface area contributed by atoms with E-state index in [1.54, 1.807) is 4.90 Å². The molecule has 0 atom stereocenters. The van der Waals surface area contributed by atoms with Crippen LogP contribution in [0.4, 0.5) is 0 Å². The van der Waals surface area contributed by atoms with E-state index >= 15 is 0 Å². The van der Waals surface area contributed by atoms with Crippen molar-refractivity contribution in [3.05, 3.63) is 29.3 Å². The lowest BCUT2D eigenvalue weighted by Gasteiger charge is -2.26. The number of aryl methyl sites for hydroxylation is 2. The molecule has 0 bridgehead atoms. The van der Waals surface area contributed by atoms with E-state index < -0.39 is 0 Å². The van der Waals surface area contributed by atoms with Crippen LogP contribution in [-0.4, -0.2) is 41.7 Å². The maximum atomic E-state index is 12.2. The largest absolute Gasteiger partial charge is 0.484 e. The van der Waals surface area contributed by atoms with Crippen LogP contribution in [-0.2, 0) is 4.79 Å². The molecule has 112 valence electrons. The first-order valence-electron chi connectivity index (χ1n) is 7.06. The second kappa shape index (κ2) is 7.90. The Bertz CT molecular complexity index is 443. The second-order valence-corrected chi connectivity index (χ2v) is 5.32. The number of aliphatic hydroxyl groups is 1. The summed E-state index contributed by atoms with van der Waals surface area (Å²) in [7, 11) is 0. The fraction of sp³-hybridized carbons (Fsp3) is 0.562. The van der Waals surface area contributed by atoms with Crippen molar-refractivity contribution in [1.82, 2.24) is 4.90 Å². The van der Waals surface area contributed by atoms with Crippen LogP contribution in [0.3, 0.4) is 0 Å². The van der Waals surface area contributed by atoms with Crippen molar-refractivity contribution in [1.29, 1.82) is 0 Å². The van der Waals surface area contributed by atoms with Gasteiger partial charge in [-0.2, -0.15) is 0 Å². The van der Waals surface area contributed by atoms with Crippen molar-refractivity contribution >= 4 is 5.91 Å². The molecule has 0 aliphatic heterocycles. The number of nitrogens with zero attached hydrogens (tertiary/aromatic N) is 1. The molecule has 0 radical (unpaired) electrons. The Balaban J connectivity index is 2.60. The fourth-order valence-electron chi connectivity index (χ4n) is 2.10. The van der Waals surface area contributed by atoms with E-state index in [4.69, 9.17) is 9.84 Å². The summed E-state index contributed by atoms with van der Waals surface area (Å²) in [6.07, 6.45) is 0.591. The van der Waals surface area contributed by atoms with Crippen molar-refractivity contribution in [3.63, 3.8) is 0 Å². The van der Waals surface area contributed by atoms with Gasteiger partial charge in [0.1, 0.15) is 5.75 Å². The summed E-state index contributed by atoms with van der Waals surface area (Å²) in [5.41, 5.74) is 2.21. The predicted molar refractivity (Wildman–Crippen MR) is 80.0 cm³/mol. The maximum absolute atomic E-state index is 12.2. The van der Waals surface area contributed by atoms with E-state index in [0.717, 1.165) is 11.3 Å². The van der Waals surface area contributed by atoms with Crippen LogP contribution in [0, 0.1) is 13.8 Å². The first-order valence-corrected chi connectivity index (χ1v) is 7.06. The summed E-state index contributed by atoms with van der Waals surface area (Å²) in [5.74, 6) is 0.697. The van der Waals surface area contributed by atoms with E-state index in [2.05, 4.69) is 0 Å². The van der Waals surface area contributed by atoms with Crippen LogP contribution in [0.1, 0.15) is 31.4 Å². The molecule has 20 heavy (non-hydrogen) atoms. The summed E-state index contributed by atoms with van der Waals surface area (Å²) < 4.78 is 5.61. The molecule has 0 aromatic heterocycles. The molecule has 0 saturated carbocycles. The van der Waals surface area contributed by atoms with Crippen LogP contribution in [0.2, 0.25) is 0 Å². The normalized spacial score (nSPS) is 10.7. The molecular weight excluding hydrogens is 254 g/mol. The Morgan fingerprint density at radius 1 is 1.35 bits per heavy atom. The predicted octanol–water partition coefficient (Wildman–Crippen LogP) is 2.30. The number of rotatable bonds is 7. The highest BCUT2D eigenvalue weighted by atomic mass is 16.5. The summed E-state index contributed by atoms with van der Waals surface area (Å²) in [6, 6.07) is 6.01. The van der Waals surface area contributed by atoms with Crippen molar-refractivity contribution in [3.8, 4) is 5.75 Å². The molecule has 0 heterocycles. The fourth-order valence-corrected chi connectivity index (χ4v) is 2.10. The first kappa shape index (κ1) is 16.5. The number of aliphatic hydroxyl groups excluding tert-OH is 1. The van der Waals surface area contributed by atoms with E-state index in [-0.39, 0.29) is 25.2 Å². The number of ether oxygens (including phenoxy) is 1. The number of carbonyl (C=O) groups excluding carboxylic acids is 1. The topological polar surface area (TPSA) is 49.8 Å². The van der Waals surface area contributed by atoms with Gasteiger partial charge in [0, 0.05) is 19.2 Å². The Kier molecular flexibility index (Phi) is 6.52.